The number of hydrogen-bond acceptors (Lipinski definition) is 0. The highest BCUT2D eigenvalue weighted by Gasteiger charge is 2.10. The number of H-pyrrole nitrogens is 2. The van der Waals surface area contributed by atoms with E-state index in [4.69, 9.17) is 0 Å². The van der Waals surface area contributed by atoms with Crippen molar-refractivity contribution in [3.05, 3.63) is 60.2 Å². The molecule has 2 N–H and O–H groups in total. The van der Waals surface area contributed by atoms with Gasteiger partial charge in [-0.25, -0.2) is 8.78 Å². The number of aromatic nitrogens is 2. The van der Waals surface area contributed by atoms with Crippen LogP contribution in [0.3, 0.4) is 0 Å². The lowest BCUT2D eigenvalue weighted by atomic mass is 10.1. The highest BCUT2D eigenvalue weighted by Crippen LogP contribution is 2.33. The van der Waals surface area contributed by atoms with Crippen molar-refractivity contribution in [2.45, 2.75) is 0 Å². The maximum absolute atomic E-state index is 13.4. The Labute approximate surface area is 123 Å². The Morgan fingerprint density at radius 2 is 0.955 bits per heavy atom. The van der Waals surface area contributed by atoms with Crippen LogP contribution >= 0.6 is 0 Å². The largest absolute Gasteiger partial charge is 0.354 e. The molecule has 0 atom stereocenters. The molecule has 0 unspecified atom stereocenters. The molecule has 22 heavy (non-hydrogen) atoms. The molecule has 106 valence electrons. The molecule has 0 bridgehead atoms. The average molecular weight is 292 g/mol. The minimum Gasteiger partial charge on any atom is -0.354 e. The Morgan fingerprint density at radius 3 is 1.45 bits per heavy atom. The van der Waals surface area contributed by atoms with Crippen LogP contribution in [0.15, 0.2) is 48.5 Å². The molecule has 0 amide bonds. The summed E-state index contributed by atoms with van der Waals surface area (Å²) < 4.78 is 26.7. The summed E-state index contributed by atoms with van der Waals surface area (Å²) >= 11 is 0. The van der Waals surface area contributed by atoms with Crippen LogP contribution in [0.5, 0.6) is 0 Å². The summed E-state index contributed by atoms with van der Waals surface area (Å²) in [5.41, 5.74) is 3.41. The zero-order chi connectivity index (χ0) is 14.8. The van der Waals surface area contributed by atoms with Gasteiger partial charge < -0.3 is 9.97 Å². The summed E-state index contributed by atoms with van der Waals surface area (Å²) in [4.78, 5) is 6.47. The van der Waals surface area contributed by atoms with Crippen LogP contribution < -0.4 is 0 Å². The summed E-state index contributed by atoms with van der Waals surface area (Å²) in [7, 11) is 0. The van der Waals surface area contributed by atoms with Gasteiger partial charge in [0.05, 0.1) is 0 Å². The molecule has 2 heterocycles. The van der Waals surface area contributed by atoms with Crippen molar-refractivity contribution in [2.75, 3.05) is 0 Å². The van der Waals surface area contributed by atoms with E-state index in [2.05, 4.69) is 16.0 Å². The molecular formula is C18H10F2N2. The third-order valence-corrected chi connectivity index (χ3v) is 4.24. The van der Waals surface area contributed by atoms with Gasteiger partial charge in [-0.15, -0.1) is 0 Å². The van der Waals surface area contributed by atoms with E-state index in [0.717, 1.165) is 43.6 Å². The van der Waals surface area contributed by atoms with Gasteiger partial charge in [-0.2, -0.15) is 0 Å². The summed E-state index contributed by atoms with van der Waals surface area (Å²) in [5, 5.41) is 4.03. The van der Waals surface area contributed by atoms with Gasteiger partial charge in [-0.05, 0) is 48.5 Å². The van der Waals surface area contributed by atoms with Gasteiger partial charge >= 0.3 is 0 Å². The third-order valence-electron chi connectivity index (χ3n) is 4.24. The van der Waals surface area contributed by atoms with E-state index >= 15 is 0 Å². The molecular weight excluding hydrogens is 282 g/mol. The van der Waals surface area contributed by atoms with Crippen LogP contribution in [0.4, 0.5) is 8.78 Å². The Kier molecular flexibility index (Phi) is 2.06. The summed E-state index contributed by atoms with van der Waals surface area (Å²) in [5.74, 6) is -0.518. The van der Waals surface area contributed by atoms with E-state index in [-0.39, 0.29) is 11.6 Å². The number of fused-ring (bicyclic) bond motifs is 6. The van der Waals surface area contributed by atoms with Crippen LogP contribution in [-0.4, -0.2) is 9.97 Å². The lowest BCUT2D eigenvalue weighted by molar-refractivity contribution is 0.629. The predicted molar refractivity (Wildman–Crippen MR) is 85.1 cm³/mol. The molecule has 5 aromatic rings. The van der Waals surface area contributed by atoms with Crippen LogP contribution in [0.25, 0.3) is 43.6 Å². The molecule has 2 nitrogen and oxygen atoms in total. The SMILES string of the molecule is Fc1ccc2c(c1)[nH]c1cc3[nH]c4cc(F)ccc4c3cc12. The van der Waals surface area contributed by atoms with Gasteiger partial charge in [-0.3, -0.25) is 0 Å². The molecule has 0 radical (unpaired) electrons. The predicted octanol–water partition coefficient (Wildman–Crippen LogP) is 5.23. The first-order chi connectivity index (χ1) is 10.7. The second kappa shape index (κ2) is 3.85. The smallest absolute Gasteiger partial charge is 0.125 e. The van der Waals surface area contributed by atoms with Crippen molar-refractivity contribution in [1.82, 2.24) is 9.97 Å². The van der Waals surface area contributed by atoms with E-state index in [0.29, 0.717) is 0 Å². The van der Waals surface area contributed by atoms with Crippen LogP contribution in [0, 0.1) is 11.6 Å². The van der Waals surface area contributed by atoms with E-state index in [9.17, 15) is 8.78 Å². The lowest BCUT2D eigenvalue weighted by Crippen LogP contribution is -1.72. The molecule has 3 aromatic carbocycles. The molecule has 0 fully saturated rings. The minimum atomic E-state index is -0.259. The van der Waals surface area contributed by atoms with Crippen molar-refractivity contribution in [1.29, 1.82) is 0 Å². The Hall–Kier alpha value is -2.88. The number of hydrogen-bond donors (Lipinski definition) is 2. The second-order valence-electron chi connectivity index (χ2n) is 5.57. The third kappa shape index (κ3) is 1.46. The fourth-order valence-electron chi connectivity index (χ4n) is 3.25. The molecule has 0 aliphatic carbocycles. The normalized spacial score (nSPS) is 12.1. The van der Waals surface area contributed by atoms with E-state index in [1.54, 1.807) is 12.1 Å². The Morgan fingerprint density at radius 1 is 0.500 bits per heavy atom. The molecule has 4 heteroatoms. The highest BCUT2D eigenvalue weighted by atomic mass is 19.1. The minimum absolute atomic E-state index is 0.259. The van der Waals surface area contributed by atoms with Crippen LogP contribution in [0.1, 0.15) is 0 Å². The molecule has 0 aliphatic heterocycles. The van der Waals surface area contributed by atoms with Crippen molar-refractivity contribution in [3.63, 3.8) is 0 Å². The van der Waals surface area contributed by atoms with Gasteiger partial charge in [0.15, 0.2) is 0 Å². The molecule has 5 rings (SSSR count). The molecule has 0 saturated heterocycles. The van der Waals surface area contributed by atoms with Gasteiger partial charge in [0, 0.05) is 43.6 Å². The molecule has 0 aliphatic rings. The van der Waals surface area contributed by atoms with Crippen molar-refractivity contribution in [2.24, 2.45) is 0 Å². The van der Waals surface area contributed by atoms with Gasteiger partial charge in [0.2, 0.25) is 0 Å². The van der Waals surface area contributed by atoms with Crippen molar-refractivity contribution < 1.29 is 8.78 Å². The van der Waals surface area contributed by atoms with E-state index in [1.807, 2.05) is 6.07 Å². The van der Waals surface area contributed by atoms with Gasteiger partial charge in [0.1, 0.15) is 11.6 Å². The quantitative estimate of drug-likeness (QED) is 0.391. The molecule has 0 spiro atoms. The number of nitrogens with one attached hydrogen (secondary N) is 2. The molecule has 0 saturated carbocycles. The zero-order valence-corrected chi connectivity index (χ0v) is 11.4. The summed E-state index contributed by atoms with van der Waals surface area (Å²) in [6.45, 7) is 0. The maximum atomic E-state index is 13.4. The standard InChI is InChI=1S/C18H10F2N2/c19-9-1-3-11-13-7-14-12-4-2-10(20)6-16(12)22-18(14)8-17(13)21-15(11)5-9/h1-8,21-22H. The first kappa shape index (κ1) is 11.7. The van der Waals surface area contributed by atoms with Crippen LogP contribution in [0.2, 0.25) is 0 Å². The number of benzene rings is 3. The fraction of sp³-hybridized carbons (Fsp3) is 0. The van der Waals surface area contributed by atoms with Crippen molar-refractivity contribution >= 4 is 43.6 Å². The number of halogens is 2. The summed E-state index contributed by atoms with van der Waals surface area (Å²) in [6.07, 6.45) is 0. The zero-order valence-electron chi connectivity index (χ0n) is 11.4. The lowest BCUT2D eigenvalue weighted by Gasteiger charge is -1.94. The first-order valence-electron chi connectivity index (χ1n) is 7.01. The van der Waals surface area contributed by atoms with Gasteiger partial charge in [-0.1, -0.05) is 0 Å². The summed E-state index contributed by atoms with van der Waals surface area (Å²) in [6, 6.07) is 13.5. The Bertz CT molecular complexity index is 1110. The monoisotopic (exact) mass is 292 g/mol. The number of rotatable bonds is 0. The van der Waals surface area contributed by atoms with Crippen molar-refractivity contribution in [3.8, 4) is 0 Å². The number of aromatic amines is 2. The van der Waals surface area contributed by atoms with Gasteiger partial charge in [0.25, 0.3) is 0 Å². The van der Waals surface area contributed by atoms with E-state index in [1.165, 1.54) is 24.3 Å². The second-order valence-corrected chi connectivity index (χ2v) is 5.57. The molecule has 2 aromatic heterocycles. The Balaban J connectivity index is 1.97. The average Bonchev–Trinajstić information content (AvgIpc) is 3.00. The van der Waals surface area contributed by atoms with Crippen LogP contribution in [-0.2, 0) is 0 Å². The maximum Gasteiger partial charge on any atom is 0.125 e. The fourth-order valence-corrected chi connectivity index (χ4v) is 3.25. The van der Waals surface area contributed by atoms with E-state index < -0.39 is 0 Å². The highest BCUT2D eigenvalue weighted by molar-refractivity contribution is 6.17. The first-order valence-corrected chi connectivity index (χ1v) is 7.01. The topological polar surface area (TPSA) is 31.6 Å².